The van der Waals surface area contributed by atoms with Crippen LogP contribution in [0, 0.1) is 0 Å². The Bertz CT molecular complexity index is 340. The molecule has 0 saturated heterocycles. The van der Waals surface area contributed by atoms with E-state index in [1.807, 2.05) is 25.1 Å². The molecule has 0 aromatic heterocycles. The van der Waals surface area contributed by atoms with E-state index in [-0.39, 0.29) is 5.75 Å². The monoisotopic (exact) mass is 224 g/mol. The Morgan fingerprint density at radius 3 is 2.62 bits per heavy atom. The summed E-state index contributed by atoms with van der Waals surface area (Å²) in [7, 11) is 5.68. The molecule has 1 unspecified atom stereocenters. The first kappa shape index (κ1) is 13.0. The molecule has 4 heteroatoms. The second kappa shape index (κ2) is 5.84. The molecule has 1 aromatic rings. The van der Waals surface area contributed by atoms with Gasteiger partial charge in [0.1, 0.15) is 5.75 Å². The number of rotatable bonds is 5. The van der Waals surface area contributed by atoms with Gasteiger partial charge in [-0.1, -0.05) is 6.07 Å². The Morgan fingerprint density at radius 2 is 2.06 bits per heavy atom. The number of aliphatic hydroxyl groups excluding tert-OH is 1. The van der Waals surface area contributed by atoms with E-state index in [0.29, 0.717) is 13.1 Å². The Kier molecular flexibility index (Phi) is 4.73. The average molecular weight is 224 g/mol. The summed E-state index contributed by atoms with van der Waals surface area (Å²) in [5, 5.41) is 22.4. The summed E-state index contributed by atoms with van der Waals surface area (Å²) in [6.45, 7) is 1.16. The lowest BCUT2D eigenvalue weighted by Gasteiger charge is -2.15. The number of nitrogens with zero attached hydrogens (tertiary/aromatic N) is 1. The smallest absolute Gasteiger partial charge is 0.120 e. The SMILES string of the molecule is CNCC(O)c1ccc(O)c(CN(C)C)c1. The molecule has 0 bridgehead atoms. The molecule has 16 heavy (non-hydrogen) atoms. The van der Waals surface area contributed by atoms with Crippen LogP contribution in [0.2, 0.25) is 0 Å². The van der Waals surface area contributed by atoms with Crippen LogP contribution in [0.1, 0.15) is 17.2 Å². The highest BCUT2D eigenvalue weighted by Crippen LogP contribution is 2.23. The van der Waals surface area contributed by atoms with Crippen LogP contribution in [0.3, 0.4) is 0 Å². The molecule has 0 amide bonds. The number of likely N-dealkylation sites (N-methyl/N-ethyl adjacent to an activating group) is 1. The molecule has 4 nitrogen and oxygen atoms in total. The van der Waals surface area contributed by atoms with E-state index < -0.39 is 6.10 Å². The summed E-state index contributed by atoms with van der Waals surface area (Å²) in [6, 6.07) is 5.22. The number of benzene rings is 1. The first-order valence-electron chi connectivity index (χ1n) is 5.33. The van der Waals surface area contributed by atoms with Crippen LogP contribution in [-0.2, 0) is 6.54 Å². The first-order chi connectivity index (χ1) is 7.54. The third kappa shape index (κ3) is 3.48. The number of hydrogen-bond donors (Lipinski definition) is 3. The minimum atomic E-state index is -0.536. The second-order valence-corrected chi connectivity index (χ2v) is 4.20. The minimum Gasteiger partial charge on any atom is -0.508 e. The van der Waals surface area contributed by atoms with Crippen molar-refractivity contribution in [3.05, 3.63) is 29.3 Å². The van der Waals surface area contributed by atoms with Crippen LogP contribution >= 0.6 is 0 Å². The predicted molar refractivity (Wildman–Crippen MR) is 64.4 cm³/mol. The lowest BCUT2D eigenvalue weighted by Crippen LogP contribution is -2.17. The summed E-state index contributed by atoms with van der Waals surface area (Å²) in [5.74, 6) is 0.272. The highest BCUT2D eigenvalue weighted by Gasteiger charge is 2.10. The van der Waals surface area contributed by atoms with Gasteiger partial charge >= 0.3 is 0 Å². The van der Waals surface area contributed by atoms with Crippen molar-refractivity contribution < 1.29 is 10.2 Å². The summed E-state index contributed by atoms with van der Waals surface area (Å²) in [4.78, 5) is 1.98. The van der Waals surface area contributed by atoms with Crippen LogP contribution in [-0.4, -0.2) is 42.8 Å². The summed E-state index contributed by atoms with van der Waals surface area (Å²) in [5.41, 5.74) is 1.65. The normalized spacial score (nSPS) is 13.1. The van der Waals surface area contributed by atoms with Crippen LogP contribution in [0.25, 0.3) is 0 Å². The quantitative estimate of drug-likeness (QED) is 0.689. The van der Waals surface area contributed by atoms with Crippen molar-refractivity contribution >= 4 is 0 Å². The van der Waals surface area contributed by atoms with Gasteiger partial charge in [-0.25, -0.2) is 0 Å². The van der Waals surface area contributed by atoms with Crippen molar-refractivity contribution in [3.63, 3.8) is 0 Å². The van der Waals surface area contributed by atoms with Gasteiger partial charge in [0.25, 0.3) is 0 Å². The number of aromatic hydroxyl groups is 1. The Labute approximate surface area is 96.5 Å². The topological polar surface area (TPSA) is 55.7 Å². The number of nitrogens with one attached hydrogen (secondary N) is 1. The van der Waals surface area contributed by atoms with Gasteiger partial charge in [-0.05, 0) is 38.8 Å². The number of phenols is 1. The maximum absolute atomic E-state index is 9.81. The third-order valence-electron chi connectivity index (χ3n) is 2.37. The summed E-state index contributed by atoms with van der Waals surface area (Å²) < 4.78 is 0. The Balaban J connectivity index is 2.88. The fraction of sp³-hybridized carbons (Fsp3) is 0.500. The van der Waals surface area contributed by atoms with Gasteiger partial charge in [0.2, 0.25) is 0 Å². The largest absolute Gasteiger partial charge is 0.508 e. The maximum Gasteiger partial charge on any atom is 0.120 e. The van der Waals surface area contributed by atoms with E-state index in [4.69, 9.17) is 0 Å². The molecule has 1 rings (SSSR count). The van der Waals surface area contributed by atoms with Crippen LogP contribution in [0.4, 0.5) is 0 Å². The Hall–Kier alpha value is -1.10. The lowest BCUT2D eigenvalue weighted by molar-refractivity contribution is 0.177. The number of phenolic OH excluding ortho intramolecular Hbond substituents is 1. The molecule has 0 aliphatic rings. The van der Waals surface area contributed by atoms with Gasteiger partial charge in [0.15, 0.2) is 0 Å². The lowest BCUT2D eigenvalue weighted by atomic mass is 10.0. The zero-order valence-electron chi connectivity index (χ0n) is 10.1. The van der Waals surface area contributed by atoms with Crippen molar-refractivity contribution in [2.24, 2.45) is 0 Å². The van der Waals surface area contributed by atoms with Crippen LogP contribution in [0.5, 0.6) is 5.75 Å². The van der Waals surface area contributed by atoms with Gasteiger partial charge < -0.3 is 20.4 Å². The third-order valence-corrected chi connectivity index (χ3v) is 2.37. The molecule has 0 aliphatic heterocycles. The van der Waals surface area contributed by atoms with E-state index in [9.17, 15) is 10.2 Å². The summed E-state index contributed by atoms with van der Waals surface area (Å²) in [6.07, 6.45) is -0.536. The molecule has 0 aliphatic carbocycles. The minimum absolute atomic E-state index is 0.272. The van der Waals surface area contributed by atoms with E-state index in [1.54, 1.807) is 19.2 Å². The second-order valence-electron chi connectivity index (χ2n) is 4.20. The van der Waals surface area contributed by atoms with Crippen molar-refractivity contribution in [1.82, 2.24) is 10.2 Å². The maximum atomic E-state index is 9.81. The molecule has 0 heterocycles. The molecular weight excluding hydrogens is 204 g/mol. The zero-order chi connectivity index (χ0) is 12.1. The van der Waals surface area contributed by atoms with Crippen molar-refractivity contribution in [2.75, 3.05) is 27.7 Å². The molecule has 0 spiro atoms. The molecule has 0 saturated carbocycles. The van der Waals surface area contributed by atoms with Gasteiger partial charge in [0, 0.05) is 18.7 Å². The van der Waals surface area contributed by atoms with E-state index >= 15 is 0 Å². The fourth-order valence-electron chi connectivity index (χ4n) is 1.59. The zero-order valence-corrected chi connectivity index (χ0v) is 10.1. The molecule has 90 valence electrons. The summed E-state index contributed by atoms with van der Waals surface area (Å²) >= 11 is 0. The standard InChI is InChI=1S/C12H20N2O2/c1-13-7-12(16)9-4-5-11(15)10(6-9)8-14(2)3/h4-6,12-13,15-16H,7-8H2,1-3H3. The first-order valence-corrected chi connectivity index (χ1v) is 5.33. The van der Waals surface area contributed by atoms with Crippen molar-refractivity contribution in [1.29, 1.82) is 0 Å². The number of hydrogen-bond acceptors (Lipinski definition) is 4. The van der Waals surface area contributed by atoms with E-state index in [2.05, 4.69) is 5.32 Å². The van der Waals surface area contributed by atoms with E-state index in [0.717, 1.165) is 11.1 Å². The predicted octanol–water partition coefficient (Wildman–Crippen LogP) is 0.707. The van der Waals surface area contributed by atoms with Crippen LogP contribution < -0.4 is 5.32 Å². The molecular formula is C12H20N2O2. The van der Waals surface area contributed by atoms with E-state index in [1.165, 1.54) is 0 Å². The van der Waals surface area contributed by atoms with Gasteiger partial charge in [-0.2, -0.15) is 0 Å². The van der Waals surface area contributed by atoms with Gasteiger partial charge in [0.05, 0.1) is 6.10 Å². The van der Waals surface area contributed by atoms with Crippen LogP contribution in [0.15, 0.2) is 18.2 Å². The number of aliphatic hydroxyl groups is 1. The highest BCUT2D eigenvalue weighted by molar-refractivity contribution is 5.37. The highest BCUT2D eigenvalue weighted by atomic mass is 16.3. The Morgan fingerprint density at radius 1 is 1.38 bits per heavy atom. The van der Waals surface area contributed by atoms with Crippen molar-refractivity contribution in [2.45, 2.75) is 12.6 Å². The fourth-order valence-corrected chi connectivity index (χ4v) is 1.59. The molecule has 1 aromatic carbocycles. The molecule has 0 radical (unpaired) electrons. The molecule has 1 atom stereocenters. The molecule has 3 N–H and O–H groups in total. The van der Waals surface area contributed by atoms with Crippen molar-refractivity contribution in [3.8, 4) is 5.75 Å². The van der Waals surface area contributed by atoms with Gasteiger partial charge in [-0.3, -0.25) is 0 Å². The average Bonchev–Trinajstić information content (AvgIpc) is 2.21. The van der Waals surface area contributed by atoms with Gasteiger partial charge in [-0.15, -0.1) is 0 Å². The molecule has 0 fully saturated rings.